The lowest BCUT2D eigenvalue weighted by Gasteiger charge is -2.08. The quantitative estimate of drug-likeness (QED) is 0.793. The van der Waals surface area contributed by atoms with Crippen LogP contribution in [0.15, 0.2) is 18.2 Å². The molecule has 3 nitrogen and oxygen atoms in total. The van der Waals surface area contributed by atoms with Crippen LogP contribution in [-0.4, -0.2) is 14.8 Å². The number of alkyl halides is 1. The van der Waals surface area contributed by atoms with Gasteiger partial charge in [-0.15, -0.1) is 21.8 Å². The van der Waals surface area contributed by atoms with Crippen molar-refractivity contribution >= 4 is 23.2 Å². The second-order valence-corrected chi connectivity index (χ2v) is 4.86. The van der Waals surface area contributed by atoms with E-state index in [2.05, 4.69) is 21.7 Å². The van der Waals surface area contributed by atoms with Crippen LogP contribution < -0.4 is 0 Å². The van der Waals surface area contributed by atoms with Crippen molar-refractivity contribution in [2.75, 3.05) is 0 Å². The summed E-state index contributed by atoms with van der Waals surface area (Å²) >= 11 is 11.9. The molecule has 2 rings (SSSR count). The first kappa shape index (κ1) is 13.4. The van der Waals surface area contributed by atoms with Crippen molar-refractivity contribution in [1.82, 2.24) is 14.8 Å². The van der Waals surface area contributed by atoms with Gasteiger partial charge in [0.05, 0.1) is 5.88 Å². The molecule has 18 heavy (non-hydrogen) atoms. The van der Waals surface area contributed by atoms with Crippen LogP contribution in [0.5, 0.6) is 0 Å². The third-order valence-corrected chi connectivity index (χ3v) is 3.47. The molecule has 0 saturated heterocycles. The molecule has 0 radical (unpaired) electrons. The van der Waals surface area contributed by atoms with E-state index in [4.69, 9.17) is 23.2 Å². The normalized spacial score (nSPS) is 10.9. The molecule has 1 aromatic heterocycles. The number of halogens is 2. The summed E-state index contributed by atoms with van der Waals surface area (Å²) < 4.78 is 2.07. The second kappa shape index (κ2) is 5.72. The molecule has 0 bridgehead atoms. The zero-order valence-electron chi connectivity index (χ0n) is 10.5. The Hall–Kier alpha value is -1.06. The van der Waals surface area contributed by atoms with E-state index in [-0.39, 0.29) is 0 Å². The Bertz CT molecular complexity index is 549. The van der Waals surface area contributed by atoms with Crippen LogP contribution in [0.3, 0.4) is 0 Å². The zero-order chi connectivity index (χ0) is 13.1. The molecule has 96 valence electrons. The predicted molar refractivity (Wildman–Crippen MR) is 75.1 cm³/mol. The van der Waals surface area contributed by atoms with Crippen LogP contribution in [-0.2, 0) is 12.4 Å². The largest absolute Gasteiger partial charge is 0.310 e. The fourth-order valence-electron chi connectivity index (χ4n) is 1.89. The van der Waals surface area contributed by atoms with Crippen LogP contribution in [0, 0.1) is 6.92 Å². The summed E-state index contributed by atoms with van der Waals surface area (Å²) in [7, 11) is 0. The first-order chi connectivity index (χ1) is 8.67. The molecule has 0 aliphatic carbocycles. The van der Waals surface area contributed by atoms with E-state index in [1.165, 1.54) is 0 Å². The van der Waals surface area contributed by atoms with Gasteiger partial charge in [0.1, 0.15) is 5.82 Å². The minimum Gasteiger partial charge on any atom is -0.310 e. The standard InChI is InChI=1S/C13H15Cl2N3/c1-3-6-18-12(8-14)16-17-13(18)10-4-5-11(15)9(2)7-10/h4-5,7H,3,6,8H2,1-2H3. The Balaban J connectivity index is 2.49. The Kier molecular flexibility index (Phi) is 4.25. The Morgan fingerprint density at radius 1 is 1.28 bits per heavy atom. The Morgan fingerprint density at radius 2 is 2.06 bits per heavy atom. The van der Waals surface area contributed by atoms with Gasteiger partial charge in [0.2, 0.25) is 0 Å². The van der Waals surface area contributed by atoms with Gasteiger partial charge in [0, 0.05) is 17.1 Å². The fraction of sp³-hybridized carbons (Fsp3) is 0.385. The van der Waals surface area contributed by atoms with E-state index in [1.54, 1.807) is 0 Å². The molecule has 0 aliphatic rings. The lowest BCUT2D eigenvalue weighted by atomic mass is 10.1. The van der Waals surface area contributed by atoms with Gasteiger partial charge in [-0.1, -0.05) is 18.5 Å². The van der Waals surface area contributed by atoms with Gasteiger partial charge in [0.15, 0.2) is 5.82 Å². The molecule has 0 unspecified atom stereocenters. The Morgan fingerprint density at radius 3 is 2.67 bits per heavy atom. The van der Waals surface area contributed by atoms with Gasteiger partial charge < -0.3 is 4.57 Å². The van der Waals surface area contributed by atoms with Gasteiger partial charge in [-0.25, -0.2) is 0 Å². The summed E-state index contributed by atoms with van der Waals surface area (Å²) in [5.74, 6) is 2.04. The monoisotopic (exact) mass is 283 g/mol. The molecule has 1 aromatic carbocycles. The van der Waals surface area contributed by atoms with E-state index in [0.29, 0.717) is 5.88 Å². The average Bonchev–Trinajstić information content (AvgIpc) is 2.76. The summed E-state index contributed by atoms with van der Waals surface area (Å²) in [4.78, 5) is 0. The predicted octanol–water partition coefficient (Wildman–Crippen LogP) is 4.06. The minimum absolute atomic E-state index is 0.375. The molecular weight excluding hydrogens is 269 g/mol. The van der Waals surface area contributed by atoms with Gasteiger partial charge >= 0.3 is 0 Å². The highest BCUT2D eigenvalue weighted by atomic mass is 35.5. The topological polar surface area (TPSA) is 30.7 Å². The van der Waals surface area contributed by atoms with Crippen LogP contribution in [0.25, 0.3) is 11.4 Å². The molecule has 0 atom stereocenters. The van der Waals surface area contributed by atoms with Crippen molar-refractivity contribution < 1.29 is 0 Å². The number of hydrogen-bond acceptors (Lipinski definition) is 2. The van der Waals surface area contributed by atoms with Crippen molar-refractivity contribution in [1.29, 1.82) is 0 Å². The molecule has 2 aromatic rings. The molecule has 0 N–H and O–H groups in total. The summed E-state index contributed by atoms with van der Waals surface area (Å²) in [6.07, 6.45) is 1.02. The number of aryl methyl sites for hydroxylation is 1. The highest BCUT2D eigenvalue weighted by Crippen LogP contribution is 2.24. The van der Waals surface area contributed by atoms with Crippen LogP contribution in [0.2, 0.25) is 5.02 Å². The first-order valence-corrected chi connectivity index (χ1v) is 6.83. The highest BCUT2D eigenvalue weighted by Gasteiger charge is 2.13. The molecule has 0 spiro atoms. The van der Waals surface area contributed by atoms with E-state index < -0.39 is 0 Å². The van der Waals surface area contributed by atoms with E-state index in [0.717, 1.165) is 40.8 Å². The number of nitrogens with zero attached hydrogens (tertiary/aromatic N) is 3. The molecule has 5 heteroatoms. The number of hydrogen-bond donors (Lipinski definition) is 0. The van der Waals surface area contributed by atoms with Gasteiger partial charge in [-0.05, 0) is 37.1 Å². The average molecular weight is 284 g/mol. The van der Waals surface area contributed by atoms with Gasteiger partial charge in [-0.3, -0.25) is 0 Å². The van der Waals surface area contributed by atoms with Crippen molar-refractivity contribution in [2.24, 2.45) is 0 Å². The lowest BCUT2D eigenvalue weighted by molar-refractivity contribution is 0.659. The molecule has 0 amide bonds. The second-order valence-electron chi connectivity index (χ2n) is 4.19. The smallest absolute Gasteiger partial charge is 0.164 e. The maximum atomic E-state index is 6.04. The third kappa shape index (κ3) is 2.52. The number of aromatic nitrogens is 3. The lowest BCUT2D eigenvalue weighted by Crippen LogP contribution is -2.04. The fourth-order valence-corrected chi connectivity index (χ4v) is 2.21. The maximum absolute atomic E-state index is 6.04. The summed E-state index contributed by atoms with van der Waals surface area (Å²) in [6.45, 7) is 4.97. The Labute approximate surface area is 117 Å². The van der Waals surface area contributed by atoms with E-state index >= 15 is 0 Å². The molecular formula is C13H15Cl2N3. The number of rotatable bonds is 4. The van der Waals surface area contributed by atoms with Crippen molar-refractivity contribution in [2.45, 2.75) is 32.7 Å². The molecule has 0 fully saturated rings. The van der Waals surface area contributed by atoms with Gasteiger partial charge in [-0.2, -0.15) is 0 Å². The molecule has 0 saturated carbocycles. The first-order valence-electron chi connectivity index (χ1n) is 5.92. The highest BCUT2D eigenvalue weighted by molar-refractivity contribution is 6.31. The summed E-state index contributed by atoms with van der Waals surface area (Å²) in [5.41, 5.74) is 2.06. The summed E-state index contributed by atoms with van der Waals surface area (Å²) in [6, 6.07) is 5.87. The van der Waals surface area contributed by atoms with Crippen molar-refractivity contribution in [3.63, 3.8) is 0 Å². The van der Waals surface area contributed by atoms with Crippen molar-refractivity contribution in [3.8, 4) is 11.4 Å². The zero-order valence-corrected chi connectivity index (χ0v) is 12.0. The third-order valence-electron chi connectivity index (χ3n) is 2.81. The van der Waals surface area contributed by atoms with Crippen LogP contribution >= 0.6 is 23.2 Å². The van der Waals surface area contributed by atoms with Crippen LogP contribution in [0.4, 0.5) is 0 Å². The van der Waals surface area contributed by atoms with E-state index in [1.807, 2.05) is 25.1 Å². The molecule has 0 aliphatic heterocycles. The SMILES string of the molecule is CCCn1c(CCl)nnc1-c1ccc(Cl)c(C)c1. The van der Waals surface area contributed by atoms with E-state index in [9.17, 15) is 0 Å². The minimum atomic E-state index is 0.375. The molecule has 1 heterocycles. The van der Waals surface area contributed by atoms with Gasteiger partial charge in [0.25, 0.3) is 0 Å². The van der Waals surface area contributed by atoms with Crippen LogP contribution in [0.1, 0.15) is 24.7 Å². The van der Waals surface area contributed by atoms with Crippen molar-refractivity contribution in [3.05, 3.63) is 34.6 Å². The number of benzene rings is 1. The summed E-state index contributed by atoms with van der Waals surface area (Å²) in [5, 5.41) is 9.12. The maximum Gasteiger partial charge on any atom is 0.164 e.